The number of halogens is 1. The molecule has 1 saturated heterocycles. The van der Waals surface area contributed by atoms with Crippen molar-refractivity contribution in [3.8, 4) is 6.07 Å². The van der Waals surface area contributed by atoms with Gasteiger partial charge in [0.15, 0.2) is 0 Å². The first-order valence-electron chi connectivity index (χ1n) is 6.17. The minimum atomic E-state index is -0.543. The van der Waals surface area contributed by atoms with E-state index in [2.05, 4.69) is 6.07 Å². The lowest BCUT2D eigenvalue weighted by molar-refractivity contribution is 0.0492. The summed E-state index contributed by atoms with van der Waals surface area (Å²) in [5.74, 6) is -0.0132. The number of hydrogen-bond donors (Lipinski definition) is 1. The second-order valence-corrected chi connectivity index (χ2v) is 5.28. The summed E-state index contributed by atoms with van der Waals surface area (Å²) in [7, 11) is 0. The summed E-state index contributed by atoms with van der Waals surface area (Å²) >= 11 is 6.21. The Balaban J connectivity index is 2.17. The molecule has 2 rings (SSSR count). The van der Waals surface area contributed by atoms with Gasteiger partial charge in [0, 0.05) is 5.02 Å². The second-order valence-electron chi connectivity index (χ2n) is 4.87. The van der Waals surface area contributed by atoms with E-state index in [1.807, 2.05) is 24.3 Å². The van der Waals surface area contributed by atoms with Crippen LogP contribution in [0.1, 0.15) is 24.8 Å². The predicted molar refractivity (Wildman–Crippen MR) is 71.1 cm³/mol. The average molecular weight is 265 g/mol. The second kappa shape index (κ2) is 5.71. The molecule has 2 atom stereocenters. The molecule has 2 unspecified atom stereocenters. The molecule has 0 bridgehead atoms. The minimum absolute atomic E-state index is 0.0132. The van der Waals surface area contributed by atoms with E-state index in [-0.39, 0.29) is 5.92 Å². The van der Waals surface area contributed by atoms with Crippen molar-refractivity contribution in [1.82, 2.24) is 0 Å². The first kappa shape index (κ1) is 13.4. The van der Waals surface area contributed by atoms with Gasteiger partial charge in [-0.2, -0.15) is 5.26 Å². The zero-order valence-electron chi connectivity index (χ0n) is 10.2. The van der Waals surface area contributed by atoms with Crippen LogP contribution in [0.15, 0.2) is 24.3 Å². The van der Waals surface area contributed by atoms with E-state index in [1.165, 1.54) is 0 Å². The molecule has 96 valence electrons. The van der Waals surface area contributed by atoms with Gasteiger partial charge in [-0.15, -0.1) is 0 Å². The molecule has 2 N–H and O–H groups in total. The Morgan fingerprint density at radius 3 is 2.94 bits per heavy atom. The van der Waals surface area contributed by atoms with Crippen LogP contribution >= 0.6 is 11.6 Å². The van der Waals surface area contributed by atoms with Gasteiger partial charge in [0.2, 0.25) is 0 Å². The smallest absolute Gasteiger partial charge is 0.0697 e. The van der Waals surface area contributed by atoms with Gasteiger partial charge in [-0.05, 0) is 30.9 Å². The zero-order valence-corrected chi connectivity index (χ0v) is 11.0. The van der Waals surface area contributed by atoms with Crippen molar-refractivity contribution in [2.45, 2.75) is 24.8 Å². The molecular formula is C14H17ClN2O. The summed E-state index contributed by atoms with van der Waals surface area (Å²) in [4.78, 5) is 0. The van der Waals surface area contributed by atoms with Gasteiger partial charge in [-0.3, -0.25) is 0 Å². The molecule has 1 heterocycles. The maximum Gasteiger partial charge on any atom is 0.0697 e. The van der Waals surface area contributed by atoms with E-state index in [4.69, 9.17) is 27.3 Å². The molecule has 0 aliphatic carbocycles. The summed E-state index contributed by atoms with van der Waals surface area (Å²) in [5.41, 5.74) is 6.83. The Hall–Kier alpha value is -1.08. The predicted octanol–water partition coefficient (Wildman–Crippen LogP) is 2.83. The van der Waals surface area contributed by atoms with Crippen LogP contribution in [0.3, 0.4) is 0 Å². The van der Waals surface area contributed by atoms with Crippen LogP contribution < -0.4 is 5.73 Å². The molecule has 1 aliphatic heterocycles. The number of nitriles is 1. The van der Waals surface area contributed by atoms with Crippen LogP contribution in [-0.2, 0) is 10.3 Å². The Bertz CT molecular complexity index is 445. The first-order chi connectivity index (χ1) is 8.65. The van der Waals surface area contributed by atoms with Gasteiger partial charge in [0.05, 0.1) is 30.7 Å². The van der Waals surface area contributed by atoms with Gasteiger partial charge in [-0.25, -0.2) is 0 Å². The molecule has 1 fully saturated rings. The van der Waals surface area contributed by atoms with Gasteiger partial charge < -0.3 is 10.5 Å². The molecule has 18 heavy (non-hydrogen) atoms. The quantitative estimate of drug-likeness (QED) is 0.849. The highest BCUT2D eigenvalue weighted by atomic mass is 35.5. The van der Waals surface area contributed by atoms with Crippen molar-refractivity contribution in [3.63, 3.8) is 0 Å². The van der Waals surface area contributed by atoms with Gasteiger partial charge in [-0.1, -0.05) is 29.8 Å². The van der Waals surface area contributed by atoms with E-state index in [0.717, 1.165) is 24.8 Å². The van der Waals surface area contributed by atoms with Crippen molar-refractivity contribution >= 4 is 11.6 Å². The Labute approximate surface area is 112 Å². The highest BCUT2D eigenvalue weighted by Gasteiger charge is 2.31. The summed E-state index contributed by atoms with van der Waals surface area (Å²) in [6.45, 7) is 0.870. The third kappa shape index (κ3) is 2.84. The topological polar surface area (TPSA) is 59.0 Å². The molecule has 0 spiro atoms. The Morgan fingerprint density at radius 1 is 1.44 bits per heavy atom. The lowest BCUT2D eigenvalue weighted by atomic mass is 9.84. The van der Waals surface area contributed by atoms with Crippen LogP contribution in [0, 0.1) is 17.2 Å². The Morgan fingerprint density at radius 2 is 2.22 bits per heavy atom. The van der Waals surface area contributed by atoms with Crippen LogP contribution in [0.25, 0.3) is 0 Å². The molecule has 4 heteroatoms. The maximum absolute atomic E-state index is 8.92. The van der Waals surface area contributed by atoms with Crippen LogP contribution in [0.4, 0.5) is 0 Å². The summed E-state index contributed by atoms with van der Waals surface area (Å²) in [6, 6.07) is 9.89. The van der Waals surface area contributed by atoms with Crippen molar-refractivity contribution in [1.29, 1.82) is 5.26 Å². The summed E-state index contributed by atoms with van der Waals surface area (Å²) in [6.07, 6.45) is 2.54. The lowest BCUT2D eigenvalue weighted by Gasteiger charge is -2.33. The van der Waals surface area contributed by atoms with Crippen LogP contribution in [-0.4, -0.2) is 13.2 Å². The summed E-state index contributed by atoms with van der Waals surface area (Å²) < 4.78 is 5.60. The van der Waals surface area contributed by atoms with Gasteiger partial charge in [0.25, 0.3) is 0 Å². The zero-order chi connectivity index (χ0) is 13.0. The van der Waals surface area contributed by atoms with Gasteiger partial charge in [0.1, 0.15) is 0 Å². The SMILES string of the molecule is N#CC1CCCC(N)(c2ccccc2Cl)COC1. The highest BCUT2D eigenvalue weighted by Crippen LogP contribution is 2.32. The minimum Gasteiger partial charge on any atom is -0.378 e. The molecule has 0 saturated carbocycles. The van der Waals surface area contributed by atoms with E-state index >= 15 is 0 Å². The van der Waals surface area contributed by atoms with E-state index in [0.29, 0.717) is 18.2 Å². The van der Waals surface area contributed by atoms with Crippen molar-refractivity contribution in [2.24, 2.45) is 11.7 Å². The molecule has 0 amide bonds. The number of hydrogen-bond acceptors (Lipinski definition) is 3. The van der Waals surface area contributed by atoms with Crippen molar-refractivity contribution in [3.05, 3.63) is 34.9 Å². The molecule has 1 aromatic rings. The van der Waals surface area contributed by atoms with Crippen LogP contribution in [0.5, 0.6) is 0 Å². The fourth-order valence-corrected chi connectivity index (χ4v) is 2.71. The fraction of sp³-hybridized carbons (Fsp3) is 0.500. The molecule has 3 nitrogen and oxygen atoms in total. The number of rotatable bonds is 1. The largest absolute Gasteiger partial charge is 0.378 e. The third-order valence-corrected chi connectivity index (χ3v) is 3.78. The van der Waals surface area contributed by atoms with Crippen molar-refractivity contribution < 1.29 is 4.74 Å². The standard InChI is InChI=1S/C14H17ClN2O/c15-13-6-2-1-5-12(13)14(17)7-3-4-11(8-16)9-18-10-14/h1-2,5-6,11H,3-4,7,9-10,17H2. The Kier molecular flexibility index (Phi) is 4.23. The number of nitrogens with two attached hydrogens (primary N) is 1. The van der Waals surface area contributed by atoms with E-state index in [1.54, 1.807) is 0 Å². The maximum atomic E-state index is 8.92. The monoisotopic (exact) mass is 264 g/mol. The van der Waals surface area contributed by atoms with Crippen LogP contribution in [0.2, 0.25) is 5.02 Å². The first-order valence-corrected chi connectivity index (χ1v) is 6.55. The highest BCUT2D eigenvalue weighted by molar-refractivity contribution is 6.31. The third-order valence-electron chi connectivity index (χ3n) is 3.45. The number of ether oxygens (including phenoxy) is 1. The average Bonchev–Trinajstić information content (AvgIpc) is 2.34. The number of nitrogens with zero attached hydrogens (tertiary/aromatic N) is 1. The molecule has 0 radical (unpaired) electrons. The molecular weight excluding hydrogens is 248 g/mol. The lowest BCUT2D eigenvalue weighted by Crippen LogP contribution is -2.43. The summed E-state index contributed by atoms with van der Waals surface area (Å²) in [5, 5.41) is 9.60. The fourth-order valence-electron chi connectivity index (χ4n) is 2.38. The molecule has 1 aliphatic rings. The van der Waals surface area contributed by atoms with E-state index in [9.17, 15) is 0 Å². The molecule has 0 aromatic heterocycles. The normalized spacial score (nSPS) is 29.1. The number of benzene rings is 1. The molecule has 1 aromatic carbocycles. The van der Waals surface area contributed by atoms with Crippen molar-refractivity contribution in [2.75, 3.05) is 13.2 Å². The van der Waals surface area contributed by atoms with Gasteiger partial charge >= 0.3 is 0 Å². The van der Waals surface area contributed by atoms with E-state index < -0.39 is 5.54 Å².